The molecular formula is C17H15BrN2O. The summed E-state index contributed by atoms with van der Waals surface area (Å²) >= 11 is 3.41. The molecule has 106 valence electrons. The highest BCUT2D eigenvalue weighted by Crippen LogP contribution is 2.18. The summed E-state index contributed by atoms with van der Waals surface area (Å²) in [6.07, 6.45) is 1.87. The Morgan fingerprint density at radius 3 is 2.67 bits per heavy atom. The van der Waals surface area contributed by atoms with Crippen LogP contribution < -0.4 is 5.32 Å². The molecule has 1 heterocycles. The van der Waals surface area contributed by atoms with Gasteiger partial charge in [-0.2, -0.15) is 0 Å². The highest BCUT2D eigenvalue weighted by molar-refractivity contribution is 9.10. The van der Waals surface area contributed by atoms with Crippen LogP contribution >= 0.6 is 15.9 Å². The van der Waals surface area contributed by atoms with Gasteiger partial charge < -0.3 is 10.3 Å². The molecule has 0 bridgehead atoms. The molecule has 0 fully saturated rings. The van der Waals surface area contributed by atoms with Crippen molar-refractivity contribution < 1.29 is 4.79 Å². The van der Waals surface area contributed by atoms with Crippen molar-refractivity contribution in [2.24, 2.45) is 0 Å². The Kier molecular flexibility index (Phi) is 3.80. The predicted octanol–water partition coefficient (Wildman–Crippen LogP) is 4.42. The van der Waals surface area contributed by atoms with E-state index in [1.54, 1.807) is 0 Å². The third kappa shape index (κ3) is 3.00. The molecule has 21 heavy (non-hydrogen) atoms. The van der Waals surface area contributed by atoms with Gasteiger partial charge in [0, 0.05) is 27.1 Å². The quantitative estimate of drug-likeness (QED) is 0.726. The van der Waals surface area contributed by atoms with Gasteiger partial charge in [-0.15, -0.1) is 0 Å². The molecule has 0 saturated carbocycles. The number of aromatic nitrogens is 1. The van der Waals surface area contributed by atoms with E-state index in [2.05, 4.69) is 26.2 Å². The second kappa shape index (κ2) is 5.74. The number of carbonyl (C=O) groups is 1. The molecule has 0 saturated heterocycles. The van der Waals surface area contributed by atoms with Crippen molar-refractivity contribution in [3.63, 3.8) is 0 Å². The Morgan fingerprint density at radius 2 is 1.90 bits per heavy atom. The number of hydrogen-bond donors (Lipinski definition) is 2. The summed E-state index contributed by atoms with van der Waals surface area (Å²) in [6, 6.07) is 15.5. The average Bonchev–Trinajstić information content (AvgIpc) is 2.95. The topological polar surface area (TPSA) is 44.9 Å². The van der Waals surface area contributed by atoms with E-state index < -0.39 is 0 Å². The molecule has 0 aliphatic heterocycles. The van der Waals surface area contributed by atoms with Gasteiger partial charge >= 0.3 is 0 Å². The molecule has 0 unspecified atom stereocenters. The molecule has 2 N–H and O–H groups in total. The third-order valence-electron chi connectivity index (χ3n) is 3.53. The van der Waals surface area contributed by atoms with Gasteiger partial charge in [-0.1, -0.05) is 28.1 Å². The van der Waals surface area contributed by atoms with E-state index in [0.717, 1.165) is 20.9 Å². The number of aromatic amines is 1. The van der Waals surface area contributed by atoms with Crippen molar-refractivity contribution >= 4 is 32.7 Å². The van der Waals surface area contributed by atoms with Gasteiger partial charge in [0.05, 0.1) is 6.04 Å². The summed E-state index contributed by atoms with van der Waals surface area (Å²) in [7, 11) is 0. The number of nitrogens with one attached hydrogen (secondary N) is 2. The molecule has 1 atom stereocenters. The molecule has 0 aliphatic carbocycles. The summed E-state index contributed by atoms with van der Waals surface area (Å²) in [5, 5.41) is 4.07. The van der Waals surface area contributed by atoms with Crippen LogP contribution in [0.2, 0.25) is 0 Å². The Hall–Kier alpha value is -2.07. The van der Waals surface area contributed by atoms with Crippen LogP contribution in [0.15, 0.2) is 59.2 Å². The molecule has 2 aromatic carbocycles. The van der Waals surface area contributed by atoms with E-state index in [1.807, 2.05) is 61.7 Å². The summed E-state index contributed by atoms with van der Waals surface area (Å²) in [5.74, 6) is -0.0616. The molecule has 3 aromatic rings. The minimum Gasteiger partial charge on any atom is -0.361 e. The van der Waals surface area contributed by atoms with Crippen LogP contribution in [0.4, 0.5) is 0 Å². The van der Waals surface area contributed by atoms with Gasteiger partial charge in [-0.25, -0.2) is 0 Å². The van der Waals surface area contributed by atoms with Gasteiger partial charge in [0.25, 0.3) is 5.91 Å². The molecule has 0 aliphatic rings. The number of amides is 1. The van der Waals surface area contributed by atoms with Crippen LogP contribution in [-0.2, 0) is 0 Å². The van der Waals surface area contributed by atoms with E-state index in [0.29, 0.717) is 5.56 Å². The minimum atomic E-state index is -0.0616. The zero-order valence-corrected chi connectivity index (χ0v) is 13.1. The van der Waals surface area contributed by atoms with Crippen LogP contribution in [0.25, 0.3) is 10.9 Å². The SMILES string of the molecule is C[C@H](NC(=O)c1ccc2[nH]ccc2c1)c1ccc(Br)cc1. The fourth-order valence-electron chi connectivity index (χ4n) is 2.31. The summed E-state index contributed by atoms with van der Waals surface area (Å²) in [5.41, 5.74) is 2.79. The van der Waals surface area contributed by atoms with Gasteiger partial charge in [0.15, 0.2) is 0 Å². The Morgan fingerprint density at radius 1 is 1.14 bits per heavy atom. The smallest absolute Gasteiger partial charge is 0.251 e. The van der Waals surface area contributed by atoms with E-state index in [1.165, 1.54) is 0 Å². The molecule has 1 amide bonds. The lowest BCUT2D eigenvalue weighted by atomic mass is 10.1. The van der Waals surface area contributed by atoms with E-state index in [9.17, 15) is 4.79 Å². The lowest BCUT2D eigenvalue weighted by Gasteiger charge is -2.14. The van der Waals surface area contributed by atoms with Crippen LogP contribution in [0.3, 0.4) is 0 Å². The number of H-pyrrole nitrogens is 1. The third-order valence-corrected chi connectivity index (χ3v) is 4.06. The summed E-state index contributed by atoms with van der Waals surface area (Å²) in [6.45, 7) is 1.98. The average molecular weight is 343 g/mol. The number of hydrogen-bond acceptors (Lipinski definition) is 1. The summed E-state index contributed by atoms with van der Waals surface area (Å²) in [4.78, 5) is 15.5. The Labute approximate surface area is 131 Å². The predicted molar refractivity (Wildman–Crippen MR) is 88.3 cm³/mol. The van der Waals surface area contributed by atoms with Gasteiger partial charge in [-0.3, -0.25) is 4.79 Å². The highest BCUT2D eigenvalue weighted by Gasteiger charge is 2.12. The van der Waals surface area contributed by atoms with E-state index in [4.69, 9.17) is 0 Å². The minimum absolute atomic E-state index is 0.0347. The maximum atomic E-state index is 12.3. The number of fused-ring (bicyclic) bond motifs is 1. The molecule has 4 heteroatoms. The molecular weight excluding hydrogens is 328 g/mol. The molecule has 3 nitrogen and oxygen atoms in total. The number of benzene rings is 2. The Bertz CT molecular complexity index is 777. The van der Waals surface area contributed by atoms with E-state index in [-0.39, 0.29) is 11.9 Å². The van der Waals surface area contributed by atoms with Crippen LogP contribution in [-0.4, -0.2) is 10.9 Å². The number of halogens is 1. The maximum absolute atomic E-state index is 12.3. The first-order valence-corrected chi connectivity index (χ1v) is 7.56. The van der Waals surface area contributed by atoms with Crippen molar-refractivity contribution in [2.75, 3.05) is 0 Å². The normalized spacial score (nSPS) is 12.3. The van der Waals surface area contributed by atoms with Gasteiger partial charge in [-0.05, 0) is 48.9 Å². The van der Waals surface area contributed by atoms with E-state index >= 15 is 0 Å². The van der Waals surface area contributed by atoms with Crippen LogP contribution in [0.5, 0.6) is 0 Å². The fraction of sp³-hybridized carbons (Fsp3) is 0.118. The van der Waals surface area contributed by atoms with Crippen LogP contribution in [0, 0.1) is 0 Å². The fourth-order valence-corrected chi connectivity index (χ4v) is 2.57. The monoisotopic (exact) mass is 342 g/mol. The lowest BCUT2D eigenvalue weighted by Crippen LogP contribution is -2.26. The standard InChI is InChI=1S/C17H15BrN2O/c1-11(12-2-5-15(18)6-3-12)20-17(21)14-4-7-16-13(10-14)8-9-19-16/h2-11,19H,1H3,(H,20,21)/t11-/m0/s1. The summed E-state index contributed by atoms with van der Waals surface area (Å²) < 4.78 is 1.03. The number of carbonyl (C=O) groups excluding carboxylic acids is 1. The Balaban J connectivity index is 1.77. The first kappa shape index (κ1) is 13.9. The zero-order chi connectivity index (χ0) is 14.8. The second-order valence-corrected chi connectivity index (χ2v) is 5.94. The molecule has 1 aromatic heterocycles. The highest BCUT2D eigenvalue weighted by atomic mass is 79.9. The number of rotatable bonds is 3. The largest absolute Gasteiger partial charge is 0.361 e. The lowest BCUT2D eigenvalue weighted by molar-refractivity contribution is 0.0940. The van der Waals surface area contributed by atoms with Crippen molar-refractivity contribution in [1.29, 1.82) is 0 Å². The van der Waals surface area contributed by atoms with Crippen molar-refractivity contribution in [1.82, 2.24) is 10.3 Å². The van der Waals surface area contributed by atoms with Crippen molar-refractivity contribution in [3.8, 4) is 0 Å². The van der Waals surface area contributed by atoms with Crippen molar-refractivity contribution in [3.05, 3.63) is 70.3 Å². The molecule has 0 radical (unpaired) electrons. The van der Waals surface area contributed by atoms with Crippen molar-refractivity contribution in [2.45, 2.75) is 13.0 Å². The first-order valence-electron chi connectivity index (χ1n) is 6.77. The van der Waals surface area contributed by atoms with Gasteiger partial charge in [0.2, 0.25) is 0 Å². The second-order valence-electron chi connectivity index (χ2n) is 5.03. The molecule has 0 spiro atoms. The maximum Gasteiger partial charge on any atom is 0.251 e. The molecule has 3 rings (SSSR count). The van der Waals surface area contributed by atoms with Crippen LogP contribution in [0.1, 0.15) is 28.9 Å². The first-order chi connectivity index (χ1) is 10.1. The van der Waals surface area contributed by atoms with Gasteiger partial charge in [0.1, 0.15) is 0 Å². The zero-order valence-electron chi connectivity index (χ0n) is 11.6.